The molecule has 224 valence electrons. The van der Waals surface area contributed by atoms with Crippen molar-refractivity contribution in [1.82, 2.24) is 10.2 Å². The second kappa shape index (κ2) is 12.5. The summed E-state index contributed by atoms with van der Waals surface area (Å²) in [5.41, 5.74) is 1.67. The van der Waals surface area contributed by atoms with Gasteiger partial charge in [-0.05, 0) is 53.6 Å². The van der Waals surface area contributed by atoms with Crippen LogP contribution in [0.4, 0.5) is 5.13 Å². The van der Waals surface area contributed by atoms with Gasteiger partial charge in [0, 0.05) is 21.4 Å². The van der Waals surface area contributed by atoms with Gasteiger partial charge in [-0.3, -0.25) is 14.5 Å². The Morgan fingerprint density at radius 3 is 2.48 bits per heavy atom. The number of benzene rings is 3. The average molecular weight is 671 g/mol. The first-order valence-corrected chi connectivity index (χ1v) is 15.6. The van der Waals surface area contributed by atoms with Gasteiger partial charge in [-0.2, -0.15) is 0 Å². The molecule has 1 aromatic heterocycles. The first-order chi connectivity index (χ1) is 21.2. The molecule has 1 atom stereocenters. The largest absolute Gasteiger partial charge is 0.507 e. The number of carbonyl (C=O) groups is 3. The molecule has 3 heterocycles. The molecule has 6 rings (SSSR count). The SMILES string of the molecule is COC(=O)c1ccc([C@H]2C(=C(O)c3ccc4c(c3)OCCO4)C(=O)C(=O)N2c2nnc(SCc3ccc(Cl)cc3Cl)s2)cc1. The predicted octanol–water partition coefficient (Wildman–Crippen LogP) is 6.32. The zero-order valence-corrected chi connectivity index (χ0v) is 25.9. The number of esters is 1. The number of aliphatic hydroxyl groups is 1. The van der Waals surface area contributed by atoms with Crippen LogP contribution < -0.4 is 14.4 Å². The fraction of sp³-hybridized carbons (Fsp3) is 0.167. The Labute approximate surface area is 269 Å². The second-order valence-corrected chi connectivity index (χ2v) is 12.5. The van der Waals surface area contributed by atoms with Gasteiger partial charge in [0.2, 0.25) is 5.13 Å². The van der Waals surface area contributed by atoms with Gasteiger partial charge in [0.25, 0.3) is 5.78 Å². The van der Waals surface area contributed by atoms with Crippen molar-refractivity contribution in [2.75, 3.05) is 25.2 Å². The van der Waals surface area contributed by atoms with Crippen LogP contribution in [0.25, 0.3) is 5.76 Å². The number of hydrogen-bond acceptors (Lipinski definition) is 11. The Kier molecular flexibility index (Phi) is 8.50. The van der Waals surface area contributed by atoms with E-state index in [2.05, 4.69) is 10.2 Å². The normalized spacial score (nSPS) is 17.2. The van der Waals surface area contributed by atoms with E-state index in [1.807, 2.05) is 6.07 Å². The van der Waals surface area contributed by atoms with Gasteiger partial charge in [-0.25, -0.2) is 4.79 Å². The molecule has 1 fully saturated rings. The fourth-order valence-electron chi connectivity index (χ4n) is 4.75. The van der Waals surface area contributed by atoms with Crippen LogP contribution in [-0.4, -0.2) is 53.3 Å². The van der Waals surface area contributed by atoms with Crippen molar-refractivity contribution in [3.8, 4) is 11.5 Å². The third-order valence-electron chi connectivity index (χ3n) is 6.88. The molecule has 0 aliphatic carbocycles. The summed E-state index contributed by atoms with van der Waals surface area (Å²) in [4.78, 5) is 40.4. The molecule has 1 saturated heterocycles. The van der Waals surface area contributed by atoms with Crippen LogP contribution in [0.3, 0.4) is 0 Å². The van der Waals surface area contributed by atoms with Gasteiger partial charge in [0.15, 0.2) is 15.8 Å². The van der Waals surface area contributed by atoms with E-state index in [1.54, 1.807) is 42.5 Å². The molecule has 14 heteroatoms. The summed E-state index contributed by atoms with van der Waals surface area (Å²) in [6.45, 7) is 0.718. The Bertz CT molecular complexity index is 1830. The van der Waals surface area contributed by atoms with Gasteiger partial charge >= 0.3 is 11.9 Å². The number of aliphatic hydroxyl groups excluding tert-OH is 1. The molecular weight excluding hydrogens is 649 g/mol. The molecule has 2 aliphatic rings. The summed E-state index contributed by atoms with van der Waals surface area (Å²) in [5.74, 6) is -1.38. The van der Waals surface area contributed by atoms with Crippen LogP contribution in [0.1, 0.15) is 33.1 Å². The van der Waals surface area contributed by atoms with Crippen molar-refractivity contribution in [2.45, 2.75) is 16.1 Å². The van der Waals surface area contributed by atoms with Gasteiger partial charge in [-0.15, -0.1) is 10.2 Å². The smallest absolute Gasteiger partial charge is 0.337 e. The summed E-state index contributed by atoms with van der Waals surface area (Å²) < 4.78 is 16.5. The molecule has 1 amide bonds. The Balaban J connectivity index is 1.39. The van der Waals surface area contributed by atoms with Gasteiger partial charge in [0.1, 0.15) is 19.0 Å². The minimum atomic E-state index is -1.08. The molecule has 1 N–H and O–H groups in total. The first-order valence-electron chi connectivity index (χ1n) is 13.0. The van der Waals surface area contributed by atoms with E-state index in [-0.39, 0.29) is 21.8 Å². The predicted molar refractivity (Wildman–Crippen MR) is 166 cm³/mol. The quantitative estimate of drug-likeness (QED) is 0.0596. The van der Waals surface area contributed by atoms with Gasteiger partial charge in [0.05, 0.1) is 24.3 Å². The van der Waals surface area contributed by atoms with Crippen LogP contribution >= 0.6 is 46.3 Å². The van der Waals surface area contributed by atoms with E-state index >= 15 is 0 Å². The number of aromatic nitrogens is 2. The van der Waals surface area contributed by atoms with Crippen LogP contribution in [0.2, 0.25) is 10.0 Å². The highest BCUT2D eigenvalue weighted by Crippen LogP contribution is 2.45. The molecular formula is C30H21Cl2N3O7S2. The Morgan fingerprint density at radius 2 is 1.75 bits per heavy atom. The first kappa shape index (κ1) is 29.9. The number of fused-ring (bicyclic) bond motifs is 1. The minimum Gasteiger partial charge on any atom is -0.507 e. The number of ketones is 1. The van der Waals surface area contributed by atoms with Gasteiger partial charge in [-0.1, -0.05) is 64.5 Å². The molecule has 0 bridgehead atoms. The standard InChI is InChI=1S/C30H21Cl2N3O7S2/c1-40-28(39)16-4-2-15(3-5-16)24-23(25(36)17-7-9-21-22(12-17)42-11-10-41-21)26(37)27(38)35(24)29-33-34-30(44-29)43-14-18-6-8-19(31)13-20(18)32/h2-9,12-13,24,36H,10-11,14H2,1H3/t24-/m0/s1. The van der Waals surface area contributed by atoms with Crippen molar-refractivity contribution in [2.24, 2.45) is 0 Å². The maximum absolute atomic E-state index is 13.6. The number of amides is 1. The highest BCUT2D eigenvalue weighted by molar-refractivity contribution is 8.00. The van der Waals surface area contributed by atoms with Crippen molar-refractivity contribution < 1.29 is 33.7 Å². The monoisotopic (exact) mass is 669 g/mol. The summed E-state index contributed by atoms with van der Waals surface area (Å²) in [6.07, 6.45) is 0. The number of halogens is 2. The van der Waals surface area contributed by atoms with E-state index in [0.717, 1.165) is 16.9 Å². The summed E-state index contributed by atoms with van der Waals surface area (Å²) in [5, 5.41) is 21.1. The van der Waals surface area contributed by atoms with Crippen molar-refractivity contribution in [3.05, 3.63) is 98.5 Å². The lowest BCUT2D eigenvalue weighted by molar-refractivity contribution is -0.132. The maximum atomic E-state index is 13.6. The van der Waals surface area contributed by atoms with Crippen LogP contribution in [-0.2, 0) is 20.1 Å². The molecule has 0 spiro atoms. The number of thioether (sulfide) groups is 1. The van der Waals surface area contributed by atoms with Gasteiger partial charge < -0.3 is 19.3 Å². The molecule has 10 nitrogen and oxygen atoms in total. The van der Waals surface area contributed by atoms with E-state index in [0.29, 0.717) is 50.4 Å². The number of Topliss-reactive ketones (excluding diaryl/α,β-unsaturated/α-hetero) is 1. The summed E-state index contributed by atoms with van der Waals surface area (Å²) in [6, 6.07) is 15.1. The molecule has 4 aromatic rings. The molecule has 2 aliphatic heterocycles. The third kappa shape index (κ3) is 5.73. The molecule has 0 unspecified atom stereocenters. The van der Waals surface area contributed by atoms with E-state index in [1.165, 1.54) is 35.9 Å². The molecule has 0 saturated carbocycles. The number of carbonyl (C=O) groups excluding carboxylic acids is 3. The zero-order valence-electron chi connectivity index (χ0n) is 22.8. The summed E-state index contributed by atoms with van der Waals surface area (Å²) >= 11 is 14.8. The number of anilines is 1. The molecule has 44 heavy (non-hydrogen) atoms. The van der Waals surface area contributed by atoms with E-state index in [9.17, 15) is 19.5 Å². The average Bonchev–Trinajstić information content (AvgIpc) is 3.61. The Hall–Kier alpha value is -4.10. The second-order valence-electron chi connectivity index (χ2n) is 9.52. The molecule has 0 radical (unpaired) electrons. The highest BCUT2D eigenvalue weighted by atomic mass is 35.5. The molecule has 3 aromatic carbocycles. The number of nitrogens with zero attached hydrogens (tertiary/aromatic N) is 3. The summed E-state index contributed by atoms with van der Waals surface area (Å²) in [7, 11) is 1.27. The number of hydrogen-bond donors (Lipinski definition) is 1. The van der Waals surface area contributed by atoms with Crippen molar-refractivity contribution in [3.63, 3.8) is 0 Å². The van der Waals surface area contributed by atoms with Crippen LogP contribution in [0.5, 0.6) is 11.5 Å². The lowest BCUT2D eigenvalue weighted by Crippen LogP contribution is -2.29. The van der Waals surface area contributed by atoms with Crippen molar-refractivity contribution in [1.29, 1.82) is 0 Å². The van der Waals surface area contributed by atoms with E-state index < -0.39 is 29.5 Å². The lowest BCUT2D eigenvalue weighted by Gasteiger charge is -2.23. The number of ether oxygens (including phenoxy) is 3. The van der Waals surface area contributed by atoms with Crippen LogP contribution in [0.15, 0.2) is 70.6 Å². The minimum absolute atomic E-state index is 0.153. The van der Waals surface area contributed by atoms with Crippen molar-refractivity contribution >= 4 is 74.9 Å². The zero-order chi connectivity index (χ0) is 31.0. The topological polar surface area (TPSA) is 128 Å². The Morgan fingerprint density at radius 1 is 1.02 bits per heavy atom. The lowest BCUT2D eigenvalue weighted by atomic mass is 9.94. The van der Waals surface area contributed by atoms with E-state index in [4.69, 9.17) is 37.4 Å². The fourth-order valence-corrected chi connectivity index (χ4v) is 7.17. The maximum Gasteiger partial charge on any atom is 0.337 e. The third-order valence-corrected chi connectivity index (χ3v) is 9.57. The number of methoxy groups -OCH3 is 1. The number of rotatable bonds is 7. The van der Waals surface area contributed by atoms with Crippen LogP contribution in [0, 0.1) is 0 Å². The highest BCUT2D eigenvalue weighted by Gasteiger charge is 2.48.